The molecule has 1 aliphatic rings. The molecule has 1 atom stereocenters. The Labute approximate surface area is 90.9 Å². The molecule has 4 nitrogen and oxygen atoms in total. The average Bonchev–Trinajstić information content (AvgIpc) is 2.14. The van der Waals surface area contributed by atoms with Gasteiger partial charge >= 0.3 is 43.7 Å². The van der Waals surface area contributed by atoms with E-state index in [4.69, 9.17) is 5.11 Å². The van der Waals surface area contributed by atoms with Crippen LogP contribution in [0.2, 0.25) is 0 Å². The minimum atomic E-state index is -0.944. The molecule has 5 heteroatoms. The summed E-state index contributed by atoms with van der Waals surface area (Å²) in [6.07, 6.45) is 0.769. The summed E-state index contributed by atoms with van der Waals surface area (Å²) in [5.41, 5.74) is 0. The van der Waals surface area contributed by atoms with Crippen LogP contribution < -0.4 is 5.32 Å². The maximum Gasteiger partial charge on any atom is 2.00 e. The van der Waals surface area contributed by atoms with Gasteiger partial charge in [0.25, 0.3) is 0 Å². The van der Waals surface area contributed by atoms with Crippen molar-refractivity contribution >= 4 is 49.6 Å². The van der Waals surface area contributed by atoms with Crippen molar-refractivity contribution in [3.05, 3.63) is 0 Å². The molecule has 0 bridgehead atoms. The van der Waals surface area contributed by atoms with Crippen LogP contribution in [0.4, 0.5) is 0 Å². The molecule has 0 aromatic rings. The van der Waals surface area contributed by atoms with Crippen LogP contribution in [0.1, 0.15) is 15.7 Å². The van der Waals surface area contributed by atoms with E-state index in [9.17, 15) is 9.59 Å². The molecule has 2 N–H and O–H groups in total. The molecule has 1 saturated heterocycles. The topological polar surface area (TPSA) is 66.4 Å². The largest absolute Gasteiger partial charge is 2.00 e. The van der Waals surface area contributed by atoms with Gasteiger partial charge in [-0.25, -0.2) is 4.79 Å². The standard InChI is InChI=1S/C5H7NO3.Ca.2H/c7-4-2-1-3(6-4)5(8)9;;;/h3H,1-2H2,(H,6,7)(H,8,9);;;/q;+2;2*-1/t3-;;;/m0.../s1. The predicted octanol–water partition coefficient (Wildman–Crippen LogP) is -0.806. The van der Waals surface area contributed by atoms with Crippen LogP contribution in [-0.4, -0.2) is 60.8 Å². The SMILES string of the molecule is O=C1CC[C@@H](C(=O)O)N1.[Ca+2].[H-].[H-]. The maximum absolute atomic E-state index is 10.4. The second-order valence-electron chi connectivity index (χ2n) is 2.00. The van der Waals surface area contributed by atoms with Gasteiger partial charge in [0.15, 0.2) is 0 Å². The van der Waals surface area contributed by atoms with Crippen LogP contribution in [-0.2, 0) is 9.59 Å². The maximum atomic E-state index is 10.4. The molecule has 10 heavy (non-hydrogen) atoms. The molecule has 1 fully saturated rings. The Morgan fingerprint density at radius 2 is 2.40 bits per heavy atom. The second kappa shape index (κ2) is 4.16. The summed E-state index contributed by atoms with van der Waals surface area (Å²) in [7, 11) is 0. The molecular formula is C5H9CaNO3. The van der Waals surface area contributed by atoms with Crippen molar-refractivity contribution in [2.75, 3.05) is 0 Å². The van der Waals surface area contributed by atoms with Gasteiger partial charge in [-0.3, -0.25) is 4.79 Å². The summed E-state index contributed by atoms with van der Waals surface area (Å²) in [6, 6.07) is -0.641. The molecule has 1 heterocycles. The Morgan fingerprint density at radius 1 is 1.80 bits per heavy atom. The zero-order valence-electron chi connectivity index (χ0n) is 7.46. The fourth-order valence-electron chi connectivity index (χ4n) is 0.799. The van der Waals surface area contributed by atoms with Gasteiger partial charge in [-0.15, -0.1) is 0 Å². The molecule has 0 aromatic heterocycles. The Morgan fingerprint density at radius 3 is 2.60 bits per heavy atom. The number of carbonyl (C=O) groups excluding carboxylic acids is 1. The van der Waals surface area contributed by atoms with Gasteiger partial charge in [-0.05, 0) is 6.42 Å². The van der Waals surface area contributed by atoms with E-state index in [1.165, 1.54) is 0 Å². The Hall–Kier alpha value is 0.200. The van der Waals surface area contributed by atoms with E-state index in [2.05, 4.69) is 5.32 Å². The fourth-order valence-corrected chi connectivity index (χ4v) is 0.799. The van der Waals surface area contributed by atoms with E-state index in [-0.39, 0.29) is 46.5 Å². The molecule has 0 aliphatic carbocycles. The van der Waals surface area contributed by atoms with E-state index >= 15 is 0 Å². The van der Waals surface area contributed by atoms with Crippen molar-refractivity contribution in [3.63, 3.8) is 0 Å². The van der Waals surface area contributed by atoms with Crippen molar-refractivity contribution < 1.29 is 17.5 Å². The van der Waals surface area contributed by atoms with E-state index in [0.717, 1.165) is 0 Å². The molecular weight excluding hydrogens is 162 g/mol. The van der Waals surface area contributed by atoms with E-state index in [0.29, 0.717) is 12.8 Å². The van der Waals surface area contributed by atoms with Crippen LogP contribution in [0.3, 0.4) is 0 Å². The van der Waals surface area contributed by atoms with E-state index in [1.54, 1.807) is 0 Å². The molecule has 0 aromatic carbocycles. The minimum Gasteiger partial charge on any atom is -1.00 e. The quantitative estimate of drug-likeness (QED) is 0.507. The van der Waals surface area contributed by atoms with Gasteiger partial charge in [-0.1, -0.05) is 0 Å². The van der Waals surface area contributed by atoms with Gasteiger partial charge < -0.3 is 13.3 Å². The third-order valence-electron chi connectivity index (χ3n) is 1.29. The molecule has 1 aliphatic heterocycles. The van der Waals surface area contributed by atoms with E-state index in [1.807, 2.05) is 0 Å². The Bertz CT molecular complexity index is 167. The summed E-state index contributed by atoms with van der Waals surface area (Å²) in [5, 5.41) is 10.6. The fraction of sp³-hybridized carbons (Fsp3) is 0.600. The van der Waals surface area contributed by atoms with Crippen LogP contribution in [0.25, 0.3) is 0 Å². The summed E-state index contributed by atoms with van der Waals surface area (Å²) < 4.78 is 0. The van der Waals surface area contributed by atoms with Crippen LogP contribution in [0.5, 0.6) is 0 Å². The number of aliphatic carboxylic acids is 1. The molecule has 0 radical (unpaired) electrons. The smallest absolute Gasteiger partial charge is 1.00 e. The first-order valence-electron chi connectivity index (χ1n) is 2.72. The van der Waals surface area contributed by atoms with Crippen molar-refractivity contribution in [2.24, 2.45) is 0 Å². The molecule has 0 saturated carbocycles. The first-order chi connectivity index (χ1) is 4.20. The Kier molecular flexibility index (Phi) is 4.24. The normalized spacial score (nSPS) is 23.2. The number of hydrogen-bond donors (Lipinski definition) is 2. The van der Waals surface area contributed by atoms with Gasteiger partial charge in [-0.2, -0.15) is 0 Å². The summed E-state index contributed by atoms with van der Waals surface area (Å²) >= 11 is 0. The Balaban J connectivity index is -0.000000270. The van der Waals surface area contributed by atoms with Gasteiger partial charge in [0, 0.05) is 6.42 Å². The zero-order chi connectivity index (χ0) is 6.85. The minimum absolute atomic E-state index is 0. The van der Waals surface area contributed by atoms with Gasteiger partial charge in [0.2, 0.25) is 5.91 Å². The number of carboxylic acid groups (broad SMARTS) is 1. The number of hydrogen-bond acceptors (Lipinski definition) is 2. The molecule has 1 rings (SSSR count). The molecule has 54 valence electrons. The van der Waals surface area contributed by atoms with Crippen molar-refractivity contribution in [1.82, 2.24) is 5.32 Å². The number of carbonyl (C=O) groups is 2. The molecule has 1 amide bonds. The van der Waals surface area contributed by atoms with Gasteiger partial charge in [0.1, 0.15) is 6.04 Å². The number of rotatable bonds is 1. The summed E-state index contributed by atoms with van der Waals surface area (Å²) in [5.74, 6) is -1.11. The summed E-state index contributed by atoms with van der Waals surface area (Å²) in [6.45, 7) is 0. The average molecular weight is 171 g/mol. The van der Waals surface area contributed by atoms with Gasteiger partial charge in [0.05, 0.1) is 0 Å². The molecule has 0 spiro atoms. The number of amides is 1. The van der Waals surface area contributed by atoms with Crippen LogP contribution in [0.15, 0.2) is 0 Å². The zero-order valence-corrected chi connectivity index (χ0v) is 7.67. The second-order valence-corrected chi connectivity index (χ2v) is 2.00. The monoisotopic (exact) mass is 171 g/mol. The van der Waals surface area contributed by atoms with E-state index < -0.39 is 12.0 Å². The molecule has 0 unspecified atom stereocenters. The van der Waals surface area contributed by atoms with Crippen LogP contribution >= 0.6 is 0 Å². The third-order valence-corrected chi connectivity index (χ3v) is 1.29. The summed E-state index contributed by atoms with van der Waals surface area (Å²) in [4.78, 5) is 20.5. The van der Waals surface area contributed by atoms with Crippen LogP contribution in [0, 0.1) is 0 Å². The van der Waals surface area contributed by atoms with Crippen molar-refractivity contribution in [3.8, 4) is 0 Å². The van der Waals surface area contributed by atoms with Crippen molar-refractivity contribution in [1.29, 1.82) is 0 Å². The number of nitrogens with one attached hydrogen (secondary N) is 1. The van der Waals surface area contributed by atoms with Crippen molar-refractivity contribution in [2.45, 2.75) is 18.9 Å². The number of carboxylic acids is 1. The third kappa shape index (κ3) is 2.44. The first-order valence-corrected chi connectivity index (χ1v) is 2.72. The first kappa shape index (κ1) is 10.2. The predicted molar refractivity (Wildman–Crippen MR) is 36.8 cm³/mol.